The zero-order chi connectivity index (χ0) is 22.7. The molecule has 3 rings (SSSR count). The van der Waals surface area contributed by atoms with Gasteiger partial charge in [0.15, 0.2) is 11.3 Å². The molecule has 0 spiro atoms. The Bertz CT molecular complexity index is 1150. The minimum Gasteiger partial charge on any atom is -0.429 e. The standard InChI is InChI=1S/C24H20Cl2FNO3/c1-14-6-4-5-7-19(14)23(29)20-10-9-18(13-21(20)26)28(24(30)31-16(3)25)22-11-8-17(27)12-15(22)2/h4-13,16H,1-3H3. The number of nitrogens with zero attached hydrogens (tertiary/aromatic N) is 1. The lowest BCUT2D eigenvalue weighted by molar-refractivity contribution is 0.103. The van der Waals surface area contributed by atoms with E-state index in [0.717, 1.165) is 5.56 Å². The van der Waals surface area contributed by atoms with E-state index in [9.17, 15) is 14.0 Å². The smallest absolute Gasteiger partial charge is 0.420 e. The molecule has 0 saturated heterocycles. The average molecular weight is 460 g/mol. The van der Waals surface area contributed by atoms with Crippen molar-refractivity contribution in [1.82, 2.24) is 0 Å². The summed E-state index contributed by atoms with van der Waals surface area (Å²) < 4.78 is 18.8. The summed E-state index contributed by atoms with van der Waals surface area (Å²) in [6.07, 6.45) is -0.758. The third-order valence-corrected chi connectivity index (χ3v) is 5.09. The van der Waals surface area contributed by atoms with E-state index in [1.54, 1.807) is 31.2 Å². The van der Waals surface area contributed by atoms with Crippen molar-refractivity contribution < 1.29 is 18.7 Å². The maximum Gasteiger partial charge on any atom is 0.420 e. The van der Waals surface area contributed by atoms with Crippen molar-refractivity contribution in [2.75, 3.05) is 4.90 Å². The number of carbonyl (C=O) groups is 2. The molecule has 0 aliphatic carbocycles. The largest absolute Gasteiger partial charge is 0.429 e. The van der Waals surface area contributed by atoms with Crippen molar-refractivity contribution in [3.05, 3.63) is 93.8 Å². The second-order valence-electron chi connectivity index (χ2n) is 7.00. The highest BCUT2D eigenvalue weighted by Gasteiger charge is 2.25. The van der Waals surface area contributed by atoms with E-state index >= 15 is 0 Å². The van der Waals surface area contributed by atoms with Gasteiger partial charge in [0.05, 0.1) is 16.4 Å². The third kappa shape index (κ3) is 5.06. The Hall–Kier alpha value is -2.89. The van der Waals surface area contributed by atoms with Crippen LogP contribution in [0.25, 0.3) is 0 Å². The summed E-state index contributed by atoms with van der Waals surface area (Å²) in [5.74, 6) is -0.659. The van der Waals surface area contributed by atoms with Gasteiger partial charge in [-0.05, 0) is 68.3 Å². The summed E-state index contributed by atoms with van der Waals surface area (Å²) in [4.78, 5) is 27.0. The Morgan fingerprint density at radius 2 is 1.68 bits per heavy atom. The van der Waals surface area contributed by atoms with Gasteiger partial charge in [0.1, 0.15) is 5.82 Å². The zero-order valence-electron chi connectivity index (χ0n) is 17.2. The first-order valence-electron chi connectivity index (χ1n) is 9.50. The molecule has 0 saturated carbocycles. The minimum atomic E-state index is -0.881. The molecule has 160 valence electrons. The molecule has 0 N–H and O–H groups in total. The molecule has 0 aliphatic heterocycles. The van der Waals surface area contributed by atoms with Crippen LogP contribution >= 0.6 is 23.2 Å². The predicted octanol–water partition coefficient (Wildman–Crippen LogP) is 7.19. The van der Waals surface area contributed by atoms with Crippen LogP contribution in [0.1, 0.15) is 34.0 Å². The Morgan fingerprint density at radius 1 is 0.968 bits per heavy atom. The average Bonchev–Trinajstić information content (AvgIpc) is 2.69. The molecular formula is C24H20Cl2FNO3. The lowest BCUT2D eigenvalue weighted by atomic mass is 9.99. The number of ketones is 1. The van der Waals surface area contributed by atoms with Crippen molar-refractivity contribution in [2.24, 2.45) is 0 Å². The van der Waals surface area contributed by atoms with E-state index in [0.29, 0.717) is 28.1 Å². The molecule has 0 fully saturated rings. The van der Waals surface area contributed by atoms with Crippen LogP contribution in [0.3, 0.4) is 0 Å². The highest BCUT2D eigenvalue weighted by molar-refractivity contribution is 6.35. The van der Waals surface area contributed by atoms with E-state index in [1.165, 1.54) is 36.1 Å². The summed E-state index contributed by atoms with van der Waals surface area (Å²) in [6.45, 7) is 5.02. The Balaban J connectivity index is 2.06. The van der Waals surface area contributed by atoms with Gasteiger partial charge < -0.3 is 4.74 Å². The van der Waals surface area contributed by atoms with Crippen molar-refractivity contribution in [2.45, 2.75) is 26.3 Å². The number of carbonyl (C=O) groups excluding carboxylic acids is 2. The quantitative estimate of drug-likeness (QED) is 0.299. The number of halogens is 3. The van der Waals surface area contributed by atoms with Gasteiger partial charge in [-0.15, -0.1) is 0 Å². The maximum atomic E-state index is 13.6. The zero-order valence-corrected chi connectivity index (χ0v) is 18.7. The molecule has 4 nitrogen and oxygen atoms in total. The Kier molecular flexibility index (Phi) is 6.98. The fourth-order valence-corrected chi connectivity index (χ4v) is 3.54. The van der Waals surface area contributed by atoms with Gasteiger partial charge in [-0.2, -0.15) is 0 Å². The number of ether oxygens (including phenoxy) is 1. The summed E-state index contributed by atoms with van der Waals surface area (Å²) in [7, 11) is 0. The normalized spacial score (nSPS) is 11.7. The SMILES string of the molecule is Cc1ccccc1C(=O)c1ccc(N(C(=O)OC(C)Cl)c2ccc(F)cc2C)cc1Cl. The topological polar surface area (TPSA) is 46.6 Å². The van der Waals surface area contributed by atoms with E-state index < -0.39 is 17.5 Å². The van der Waals surface area contributed by atoms with Crippen LogP contribution in [0.4, 0.5) is 20.6 Å². The van der Waals surface area contributed by atoms with Crippen molar-refractivity contribution in [1.29, 1.82) is 0 Å². The van der Waals surface area contributed by atoms with Crippen LogP contribution in [-0.2, 0) is 4.74 Å². The Morgan fingerprint density at radius 3 is 2.29 bits per heavy atom. The van der Waals surface area contributed by atoms with E-state index in [2.05, 4.69) is 0 Å². The summed E-state index contributed by atoms with van der Waals surface area (Å²) in [5, 5.41) is 0.169. The van der Waals surface area contributed by atoms with Gasteiger partial charge in [-0.25, -0.2) is 14.1 Å². The Labute approximate surface area is 190 Å². The van der Waals surface area contributed by atoms with E-state index in [1.807, 2.05) is 19.1 Å². The summed E-state index contributed by atoms with van der Waals surface area (Å²) in [5.41, 5.74) is 2.05. The molecule has 0 bridgehead atoms. The van der Waals surface area contributed by atoms with Crippen LogP contribution in [0.5, 0.6) is 0 Å². The highest BCUT2D eigenvalue weighted by atomic mass is 35.5. The van der Waals surface area contributed by atoms with Gasteiger partial charge in [-0.3, -0.25) is 4.79 Å². The molecule has 31 heavy (non-hydrogen) atoms. The minimum absolute atomic E-state index is 0.169. The van der Waals surface area contributed by atoms with E-state index in [-0.39, 0.29) is 10.8 Å². The van der Waals surface area contributed by atoms with Crippen molar-refractivity contribution >= 4 is 46.5 Å². The number of hydrogen-bond acceptors (Lipinski definition) is 3. The number of rotatable bonds is 5. The molecule has 1 unspecified atom stereocenters. The molecule has 1 atom stereocenters. The second-order valence-corrected chi connectivity index (χ2v) is 8.02. The summed E-state index contributed by atoms with van der Waals surface area (Å²) >= 11 is 12.3. The number of amides is 1. The van der Waals surface area contributed by atoms with Gasteiger partial charge in [0, 0.05) is 11.1 Å². The second kappa shape index (κ2) is 9.50. The first-order valence-corrected chi connectivity index (χ1v) is 10.3. The van der Waals surface area contributed by atoms with Crippen LogP contribution in [0, 0.1) is 19.7 Å². The molecule has 1 amide bonds. The van der Waals surface area contributed by atoms with Crippen molar-refractivity contribution in [3.63, 3.8) is 0 Å². The molecule has 7 heteroatoms. The fourth-order valence-electron chi connectivity index (χ4n) is 3.20. The molecule has 0 heterocycles. The molecule has 3 aromatic rings. The van der Waals surface area contributed by atoms with Gasteiger partial charge in [0.25, 0.3) is 0 Å². The number of hydrogen-bond donors (Lipinski definition) is 0. The van der Waals surface area contributed by atoms with Crippen LogP contribution in [-0.4, -0.2) is 17.4 Å². The van der Waals surface area contributed by atoms with Crippen LogP contribution < -0.4 is 4.90 Å². The van der Waals surface area contributed by atoms with Gasteiger partial charge in [0.2, 0.25) is 0 Å². The molecule has 0 radical (unpaired) electrons. The van der Waals surface area contributed by atoms with Crippen LogP contribution in [0.15, 0.2) is 60.7 Å². The lowest BCUT2D eigenvalue weighted by Gasteiger charge is -2.25. The first kappa shape index (κ1) is 22.8. The number of benzene rings is 3. The van der Waals surface area contributed by atoms with Crippen molar-refractivity contribution in [3.8, 4) is 0 Å². The highest BCUT2D eigenvalue weighted by Crippen LogP contribution is 2.33. The number of anilines is 2. The maximum absolute atomic E-state index is 13.6. The number of alkyl halides is 1. The van der Waals surface area contributed by atoms with Gasteiger partial charge in [-0.1, -0.05) is 47.5 Å². The monoisotopic (exact) mass is 459 g/mol. The van der Waals surface area contributed by atoms with Gasteiger partial charge >= 0.3 is 6.09 Å². The predicted molar refractivity (Wildman–Crippen MR) is 121 cm³/mol. The number of aryl methyl sites for hydroxylation is 2. The lowest BCUT2D eigenvalue weighted by Crippen LogP contribution is -2.29. The molecule has 0 aromatic heterocycles. The third-order valence-electron chi connectivity index (χ3n) is 4.69. The first-order chi connectivity index (χ1) is 14.7. The van der Waals surface area contributed by atoms with Crippen LogP contribution in [0.2, 0.25) is 5.02 Å². The molecular weight excluding hydrogens is 440 g/mol. The fraction of sp³-hybridized carbons (Fsp3) is 0.167. The molecule has 3 aromatic carbocycles. The summed E-state index contributed by atoms with van der Waals surface area (Å²) in [6, 6.07) is 15.8. The van der Waals surface area contributed by atoms with E-state index in [4.69, 9.17) is 27.9 Å². The molecule has 0 aliphatic rings.